The maximum Gasteiger partial charge on any atom is 0.425 e. The number of hydrogen-bond acceptors (Lipinski definition) is 11. The molecule has 14 heteroatoms. The number of likely N-dealkylation sites (N-methyl/N-ethyl adjacent to an activating group) is 1. The molecule has 1 saturated carbocycles. The Labute approximate surface area is 329 Å². The molecule has 7 rings (SSSR count). The highest BCUT2D eigenvalue weighted by molar-refractivity contribution is 6.13. The molecule has 5 heterocycles. The fraction of sp³-hybridized carbons (Fsp3) is 0.595. The van der Waals surface area contributed by atoms with Gasteiger partial charge in [0.25, 0.3) is 0 Å². The Kier molecular flexibility index (Phi) is 10.6. The zero-order valence-corrected chi connectivity index (χ0v) is 34.4. The highest BCUT2D eigenvalue weighted by Crippen LogP contribution is 2.47. The van der Waals surface area contributed by atoms with Gasteiger partial charge >= 0.3 is 12.2 Å². The van der Waals surface area contributed by atoms with E-state index in [1.165, 1.54) is 0 Å². The van der Waals surface area contributed by atoms with Gasteiger partial charge in [0.15, 0.2) is 17.7 Å². The van der Waals surface area contributed by atoms with Crippen molar-refractivity contribution in [2.24, 2.45) is 5.41 Å². The molecule has 2 amide bonds. The molecule has 4 aromatic rings. The number of amides is 2. The van der Waals surface area contributed by atoms with Crippen molar-refractivity contribution in [3.63, 3.8) is 0 Å². The Balaban J connectivity index is 1.42. The fourth-order valence-corrected chi connectivity index (χ4v) is 7.70. The van der Waals surface area contributed by atoms with E-state index >= 15 is 0 Å². The van der Waals surface area contributed by atoms with Crippen LogP contribution in [-0.2, 0) is 14.2 Å². The van der Waals surface area contributed by atoms with Crippen LogP contribution in [0, 0.1) is 30.6 Å². The van der Waals surface area contributed by atoms with Gasteiger partial charge in [-0.25, -0.2) is 14.3 Å². The molecule has 1 unspecified atom stereocenters. The van der Waals surface area contributed by atoms with Crippen LogP contribution >= 0.6 is 0 Å². The summed E-state index contributed by atoms with van der Waals surface area (Å²) >= 11 is 0. The summed E-state index contributed by atoms with van der Waals surface area (Å²) in [6.45, 7) is 20.5. The summed E-state index contributed by atoms with van der Waals surface area (Å²) in [6, 6.07) is 8.14. The molecule has 3 fully saturated rings. The molecule has 2 saturated heterocycles. The summed E-state index contributed by atoms with van der Waals surface area (Å²) in [5.41, 5.74) is 1.42. The van der Waals surface area contributed by atoms with Crippen LogP contribution < -0.4 is 9.64 Å². The van der Waals surface area contributed by atoms with Gasteiger partial charge < -0.3 is 28.7 Å². The van der Waals surface area contributed by atoms with E-state index in [1.807, 2.05) is 36.7 Å². The molecule has 0 radical (unpaired) electrons. The lowest BCUT2D eigenvalue weighted by molar-refractivity contribution is -0.0366. The van der Waals surface area contributed by atoms with Gasteiger partial charge in [0.2, 0.25) is 5.88 Å². The molecule has 1 atom stereocenters. The van der Waals surface area contributed by atoms with Crippen LogP contribution in [0.4, 0.5) is 15.4 Å². The molecule has 0 bridgehead atoms. The van der Waals surface area contributed by atoms with Crippen LogP contribution in [0.3, 0.4) is 0 Å². The molecule has 14 nitrogen and oxygen atoms in total. The Bertz CT molecular complexity index is 2140. The molecular formula is C42H56N8O6. The van der Waals surface area contributed by atoms with E-state index in [2.05, 4.69) is 22.9 Å². The SMILES string of the molecule is Cc1cc2c(C#N)c(N(C(=O)OC(C)(C)C)C(=O)OC(C)(C)C)n(-c3c(C)ccc4c3cnn4C3CCCCO3)c2nc1OCC1(CN2CCN(C)CC2)CC1. The molecule has 300 valence electrons. The van der Waals surface area contributed by atoms with Crippen LogP contribution in [0.25, 0.3) is 27.6 Å². The third kappa shape index (κ3) is 8.08. The minimum Gasteiger partial charge on any atom is -0.477 e. The predicted molar refractivity (Wildman–Crippen MR) is 213 cm³/mol. The first-order chi connectivity index (χ1) is 26.5. The molecular weight excluding hydrogens is 713 g/mol. The zero-order chi connectivity index (χ0) is 40.2. The first-order valence-electron chi connectivity index (χ1n) is 19.8. The number of piperazine rings is 1. The Morgan fingerprint density at radius 3 is 2.25 bits per heavy atom. The first kappa shape index (κ1) is 39.5. The van der Waals surface area contributed by atoms with Gasteiger partial charge in [0.1, 0.15) is 22.8 Å². The summed E-state index contributed by atoms with van der Waals surface area (Å²) in [4.78, 5) is 39.5. The smallest absolute Gasteiger partial charge is 0.425 e. The first-order valence-corrected chi connectivity index (χ1v) is 19.8. The van der Waals surface area contributed by atoms with Crippen molar-refractivity contribution < 1.29 is 28.5 Å². The summed E-state index contributed by atoms with van der Waals surface area (Å²) in [5, 5.41) is 16.9. The predicted octanol–water partition coefficient (Wildman–Crippen LogP) is 7.65. The third-order valence-electron chi connectivity index (χ3n) is 10.8. The fourth-order valence-electron chi connectivity index (χ4n) is 7.70. The number of anilines is 1. The van der Waals surface area contributed by atoms with Gasteiger partial charge in [0, 0.05) is 61.1 Å². The minimum absolute atomic E-state index is 0.0407. The number of carbonyl (C=O) groups excluding carboxylic acids is 2. The van der Waals surface area contributed by atoms with E-state index in [9.17, 15) is 14.9 Å². The highest BCUT2D eigenvalue weighted by atomic mass is 16.6. The van der Waals surface area contributed by atoms with Crippen LogP contribution in [0.5, 0.6) is 5.88 Å². The molecule has 3 aliphatic rings. The average Bonchev–Trinajstić information content (AvgIpc) is 3.64. The Morgan fingerprint density at radius 1 is 0.982 bits per heavy atom. The number of carbonyl (C=O) groups is 2. The summed E-state index contributed by atoms with van der Waals surface area (Å²) in [5.74, 6) is 0.384. The highest BCUT2D eigenvalue weighted by Gasteiger charge is 2.45. The second kappa shape index (κ2) is 15.0. The molecule has 56 heavy (non-hydrogen) atoms. The Hall–Kier alpha value is -4.71. The van der Waals surface area contributed by atoms with Crippen molar-refractivity contribution >= 4 is 39.9 Å². The number of nitriles is 1. The normalized spacial score (nSPS) is 19.2. The maximum atomic E-state index is 14.3. The van der Waals surface area contributed by atoms with Crippen LogP contribution in [0.15, 0.2) is 24.4 Å². The monoisotopic (exact) mass is 768 g/mol. The number of benzene rings is 1. The van der Waals surface area contributed by atoms with E-state index in [0.29, 0.717) is 35.8 Å². The van der Waals surface area contributed by atoms with Crippen molar-refractivity contribution in [1.82, 2.24) is 29.1 Å². The summed E-state index contributed by atoms with van der Waals surface area (Å²) < 4.78 is 28.1. The van der Waals surface area contributed by atoms with Crippen molar-refractivity contribution in [3.8, 4) is 17.6 Å². The quantitative estimate of drug-likeness (QED) is 0.175. The topological polar surface area (TPSA) is 140 Å². The van der Waals surface area contributed by atoms with E-state index in [4.69, 9.17) is 29.0 Å². The molecule has 2 aliphatic heterocycles. The van der Waals surface area contributed by atoms with Crippen LogP contribution in [0.2, 0.25) is 0 Å². The molecule has 3 aromatic heterocycles. The minimum atomic E-state index is -0.990. The molecule has 0 spiro atoms. The van der Waals surface area contributed by atoms with Crippen LogP contribution in [0.1, 0.15) is 96.6 Å². The number of aromatic nitrogens is 4. The average molecular weight is 769 g/mol. The third-order valence-corrected chi connectivity index (χ3v) is 10.8. The van der Waals surface area contributed by atoms with E-state index in [1.54, 1.807) is 52.3 Å². The maximum absolute atomic E-state index is 14.3. The number of pyridine rings is 1. The number of fused-ring (bicyclic) bond motifs is 2. The van der Waals surface area contributed by atoms with Crippen molar-refractivity contribution in [2.75, 3.05) is 57.9 Å². The number of imide groups is 1. The van der Waals surface area contributed by atoms with Gasteiger partial charge in [-0.15, -0.1) is 0 Å². The van der Waals surface area contributed by atoms with E-state index in [-0.39, 0.29) is 23.0 Å². The summed E-state index contributed by atoms with van der Waals surface area (Å²) in [7, 11) is 2.16. The van der Waals surface area contributed by atoms with E-state index < -0.39 is 23.4 Å². The lowest BCUT2D eigenvalue weighted by Crippen LogP contribution is -2.47. The second-order valence-corrected chi connectivity index (χ2v) is 17.9. The van der Waals surface area contributed by atoms with Gasteiger partial charge in [-0.1, -0.05) is 6.07 Å². The van der Waals surface area contributed by atoms with E-state index in [0.717, 1.165) is 91.8 Å². The second-order valence-electron chi connectivity index (χ2n) is 17.9. The standard InChI is InChI=1S/C42H56N8O6/c1-27-13-14-32-31(24-44-50(32)33-12-10-11-21-53-33)34(27)48-35-29(30(23-43)37(48)49(38(51)55-40(3,4)5)39(52)56-41(6,7)8)22-28(2)36(45-35)54-26-42(15-16-42)25-47-19-17-46(9)18-20-47/h13-14,22,24,33H,10-12,15-21,25-26H2,1-9H3. The largest absolute Gasteiger partial charge is 0.477 e. The molecule has 0 N–H and O–H groups in total. The number of rotatable bonds is 8. The number of nitrogens with zero attached hydrogens (tertiary/aromatic N) is 8. The summed E-state index contributed by atoms with van der Waals surface area (Å²) in [6.07, 6.45) is 4.54. The van der Waals surface area contributed by atoms with Crippen molar-refractivity contribution in [2.45, 2.75) is 105 Å². The van der Waals surface area contributed by atoms with Gasteiger partial charge in [-0.2, -0.15) is 20.2 Å². The molecule has 1 aromatic carbocycles. The van der Waals surface area contributed by atoms with Crippen LogP contribution in [-0.4, -0.2) is 106 Å². The zero-order valence-electron chi connectivity index (χ0n) is 34.4. The van der Waals surface area contributed by atoms with Crippen molar-refractivity contribution in [1.29, 1.82) is 5.26 Å². The lowest BCUT2D eigenvalue weighted by Gasteiger charge is -2.34. The Morgan fingerprint density at radius 2 is 1.66 bits per heavy atom. The number of aryl methyl sites for hydroxylation is 2. The number of hydrogen-bond donors (Lipinski definition) is 0. The van der Waals surface area contributed by atoms with Crippen molar-refractivity contribution in [3.05, 3.63) is 41.1 Å². The number of ether oxygens (including phenoxy) is 4. The van der Waals surface area contributed by atoms with Gasteiger partial charge in [-0.05, 0) is 112 Å². The van der Waals surface area contributed by atoms with Gasteiger partial charge in [-0.3, -0.25) is 4.57 Å². The lowest BCUT2D eigenvalue weighted by atomic mass is 10.1. The van der Waals surface area contributed by atoms with Gasteiger partial charge in [0.05, 0.1) is 24.0 Å². The molecule has 1 aliphatic carbocycles.